The molecule has 2 amide bonds. The minimum Gasteiger partial charge on any atom is -0.344 e. The van der Waals surface area contributed by atoms with Gasteiger partial charge in [0.15, 0.2) is 0 Å². The lowest BCUT2D eigenvalue weighted by atomic mass is 9.91. The van der Waals surface area contributed by atoms with Crippen LogP contribution in [0.25, 0.3) is 0 Å². The van der Waals surface area contributed by atoms with E-state index in [4.69, 9.17) is 0 Å². The first-order chi connectivity index (χ1) is 7.97. The van der Waals surface area contributed by atoms with Gasteiger partial charge in [-0.25, -0.2) is 0 Å². The van der Waals surface area contributed by atoms with Gasteiger partial charge in [-0.2, -0.15) is 12.6 Å². The number of nitrogens with zero attached hydrogens (tertiary/aromatic N) is 1. The zero-order valence-electron chi connectivity index (χ0n) is 10.8. The van der Waals surface area contributed by atoms with Crippen molar-refractivity contribution in [3.63, 3.8) is 0 Å². The van der Waals surface area contributed by atoms with Gasteiger partial charge in [-0.15, -0.1) is 0 Å². The molecule has 1 aliphatic rings. The molecular weight excluding hydrogens is 236 g/mol. The van der Waals surface area contributed by atoms with E-state index < -0.39 is 6.04 Å². The second kappa shape index (κ2) is 6.28. The lowest BCUT2D eigenvalue weighted by Gasteiger charge is -2.39. The van der Waals surface area contributed by atoms with Gasteiger partial charge in [-0.1, -0.05) is 6.92 Å². The monoisotopic (exact) mass is 258 g/mol. The number of amides is 2. The van der Waals surface area contributed by atoms with Crippen molar-refractivity contribution in [2.24, 2.45) is 5.92 Å². The van der Waals surface area contributed by atoms with Gasteiger partial charge >= 0.3 is 0 Å². The quantitative estimate of drug-likeness (QED) is 0.744. The third-order valence-corrected chi connectivity index (χ3v) is 3.88. The van der Waals surface area contributed by atoms with Crippen LogP contribution in [0.4, 0.5) is 0 Å². The highest BCUT2D eigenvalue weighted by Gasteiger charge is 2.32. The number of nitrogens with one attached hydrogen (secondary N) is 1. The molecule has 98 valence electrons. The molecule has 1 N–H and O–H groups in total. The lowest BCUT2D eigenvalue weighted by Crippen LogP contribution is -2.54. The minimum absolute atomic E-state index is 0.00532. The molecule has 0 saturated carbocycles. The zero-order valence-corrected chi connectivity index (χ0v) is 11.7. The van der Waals surface area contributed by atoms with Gasteiger partial charge in [0.05, 0.1) is 0 Å². The van der Waals surface area contributed by atoms with Crippen molar-refractivity contribution >= 4 is 24.4 Å². The Hall–Kier alpha value is -0.710. The summed E-state index contributed by atoms with van der Waals surface area (Å²) in [6.07, 6.45) is 2.20. The molecule has 0 bridgehead atoms. The highest BCUT2D eigenvalue weighted by Crippen LogP contribution is 2.23. The molecule has 0 aromatic carbocycles. The maximum Gasteiger partial charge on any atom is 0.246 e. The summed E-state index contributed by atoms with van der Waals surface area (Å²) in [4.78, 5) is 25.2. The van der Waals surface area contributed by atoms with Crippen molar-refractivity contribution in [2.45, 2.75) is 45.7 Å². The van der Waals surface area contributed by atoms with Gasteiger partial charge in [0.2, 0.25) is 11.8 Å². The second-order valence-corrected chi connectivity index (χ2v) is 5.19. The number of likely N-dealkylation sites (tertiary alicyclic amines) is 1. The maximum atomic E-state index is 12.3. The third kappa shape index (κ3) is 3.63. The highest BCUT2D eigenvalue weighted by atomic mass is 32.1. The molecule has 3 atom stereocenters. The fraction of sp³-hybridized carbons (Fsp3) is 0.833. The Labute approximate surface area is 109 Å². The van der Waals surface area contributed by atoms with Crippen LogP contribution in [0.5, 0.6) is 0 Å². The predicted octanol–water partition coefficient (Wildman–Crippen LogP) is 1.07. The molecule has 4 nitrogen and oxygen atoms in total. The number of carbonyl (C=O) groups is 2. The Morgan fingerprint density at radius 1 is 1.47 bits per heavy atom. The molecule has 1 fully saturated rings. The fourth-order valence-electron chi connectivity index (χ4n) is 2.28. The summed E-state index contributed by atoms with van der Waals surface area (Å²) < 4.78 is 0. The molecule has 1 aliphatic heterocycles. The van der Waals surface area contributed by atoms with E-state index in [1.54, 1.807) is 0 Å². The van der Waals surface area contributed by atoms with E-state index in [-0.39, 0.29) is 17.9 Å². The van der Waals surface area contributed by atoms with Crippen LogP contribution in [0.15, 0.2) is 0 Å². The standard InChI is InChI=1S/C12H22N2O2S/c1-8-5-4-6-14(9(8)2)12(16)11(7-17)13-10(3)15/h8-9,11,17H,4-7H2,1-3H3,(H,13,15). The molecule has 1 rings (SSSR count). The van der Waals surface area contributed by atoms with Crippen molar-refractivity contribution in [1.82, 2.24) is 10.2 Å². The van der Waals surface area contributed by atoms with E-state index in [0.717, 1.165) is 19.4 Å². The van der Waals surface area contributed by atoms with E-state index >= 15 is 0 Å². The number of thiol groups is 1. The smallest absolute Gasteiger partial charge is 0.246 e. The first-order valence-electron chi connectivity index (χ1n) is 6.15. The average Bonchev–Trinajstić information content (AvgIpc) is 2.28. The van der Waals surface area contributed by atoms with E-state index in [1.807, 2.05) is 4.90 Å². The van der Waals surface area contributed by atoms with Crippen molar-refractivity contribution in [2.75, 3.05) is 12.3 Å². The molecule has 0 radical (unpaired) electrons. The van der Waals surface area contributed by atoms with Gasteiger partial charge in [-0.3, -0.25) is 9.59 Å². The normalized spacial score (nSPS) is 26.5. The molecule has 3 unspecified atom stereocenters. The SMILES string of the molecule is CC(=O)NC(CS)C(=O)N1CCCC(C)C1C. The van der Waals surface area contributed by atoms with Crippen LogP contribution in [0.1, 0.15) is 33.6 Å². The van der Waals surface area contributed by atoms with Crippen LogP contribution in [-0.4, -0.2) is 41.1 Å². The third-order valence-electron chi connectivity index (χ3n) is 3.51. The lowest BCUT2D eigenvalue weighted by molar-refractivity contribution is -0.139. The molecule has 0 aromatic heterocycles. The van der Waals surface area contributed by atoms with E-state index in [0.29, 0.717) is 11.7 Å². The van der Waals surface area contributed by atoms with Crippen LogP contribution in [0.2, 0.25) is 0 Å². The summed E-state index contributed by atoms with van der Waals surface area (Å²) >= 11 is 4.14. The van der Waals surface area contributed by atoms with Gasteiger partial charge in [0, 0.05) is 25.3 Å². The number of piperidine rings is 1. The minimum atomic E-state index is -0.497. The molecule has 17 heavy (non-hydrogen) atoms. The van der Waals surface area contributed by atoms with Crippen LogP contribution >= 0.6 is 12.6 Å². The van der Waals surface area contributed by atoms with Crippen LogP contribution in [0, 0.1) is 5.92 Å². The van der Waals surface area contributed by atoms with Gasteiger partial charge in [0.1, 0.15) is 6.04 Å². The number of rotatable bonds is 3. The van der Waals surface area contributed by atoms with Crippen molar-refractivity contribution < 1.29 is 9.59 Å². The largest absolute Gasteiger partial charge is 0.344 e. The van der Waals surface area contributed by atoms with Gasteiger partial charge < -0.3 is 10.2 Å². The van der Waals surface area contributed by atoms with Crippen LogP contribution in [-0.2, 0) is 9.59 Å². The van der Waals surface area contributed by atoms with Crippen molar-refractivity contribution in [3.05, 3.63) is 0 Å². The molecule has 1 saturated heterocycles. The molecular formula is C12H22N2O2S. The summed E-state index contributed by atoms with van der Waals surface area (Å²) in [6.45, 7) is 6.45. The molecule has 0 spiro atoms. The summed E-state index contributed by atoms with van der Waals surface area (Å²) in [6, 6.07) is -0.254. The van der Waals surface area contributed by atoms with Crippen LogP contribution < -0.4 is 5.32 Å². The van der Waals surface area contributed by atoms with Crippen molar-refractivity contribution in [3.8, 4) is 0 Å². The molecule has 0 aromatic rings. The maximum absolute atomic E-state index is 12.3. The predicted molar refractivity (Wildman–Crippen MR) is 71.0 cm³/mol. The van der Waals surface area contributed by atoms with Gasteiger partial charge in [0.25, 0.3) is 0 Å². The number of hydrogen-bond donors (Lipinski definition) is 2. The molecule has 0 aliphatic carbocycles. The van der Waals surface area contributed by atoms with Gasteiger partial charge in [-0.05, 0) is 25.7 Å². The average molecular weight is 258 g/mol. The van der Waals surface area contributed by atoms with E-state index in [1.165, 1.54) is 6.92 Å². The van der Waals surface area contributed by atoms with Crippen LogP contribution in [0.3, 0.4) is 0 Å². The Morgan fingerprint density at radius 2 is 2.12 bits per heavy atom. The summed E-state index contributed by atoms with van der Waals surface area (Å²) in [7, 11) is 0. The number of carbonyl (C=O) groups excluding carboxylic acids is 2. The molecule has 5 heteroatoms. The summed E-state index contributed by atoms with van der Waals surface area (Å²) in [5.41, 5.74) is 0. The first kappa shape index (κ1) is 14.4. The van der Waals surface area contributed by atoms with E-state index in [2.05, 4.69) is 31.8 Å². The van der Waals surface area contributed by atoms with E-state index in [9.17, 15) is 9.59 Å². The topological polar surface area (TPSA) is 49.4 Å². The Balaban J connectivity index is 2.69. The number of hydrogen-bond acceptors (Lipinski definition) is 3. The summed E-state index contributed by atoms with van der Waals surface area (Å²) in [5.74, 6) is 0.672. The zero-order chi connectivity index (χ0) is 13.0. The molecule has 1 heterocycles. The fourth-order valence-corrected chi connectivity index (χ4v) is 2.52. The highest BCUT2D eigenvalue weighted by molar-refractivity contribution is 7.80. The second-order valence-electron chi connectivity index (χ2n) is 4.83. The Kier molecular flexibility index (Phi) is 5.31. The Bertz CT molecular complexity index is 296. The summed E-state index contributed by atoms with van der Waals surface area (Å²) in [5, 5.41) is 2.66. The van der Waals surface area contributed by atoms with Crippen molar-refractivity contribution in [1.29, 1.82) is 0 Å². The Morgan fingerprint density at radius 3 is 2.65 bits per heavy atom. The first-order valence-corrected chi connectivity index (χ1v) is 6.79.